The zero-order valence-corrected chi connectivity index (χ0v) is 30.9. The standard InChI is InChI=1S/C40H57N3O6/c1-11-13-14-18-25-43(36(45)32(26-28(3)4)42-38(47)49-40(8,9)10)34(31-23-21-29(12-2)22-24-31)35(44)41-33(37(46)48-39(5,6)7)27-30-19-16-15-17-20-30/h2,15-17,19-24,28,32-34H,11,13-14,18,25-27H2,1,3-10H3,(H,41,44)(H,42,47). The van der Waals surface area contributed by atoms with E-state index in [2.05, 4.69) is 23.5 Å². The minimum atomic E-state index is -1.14. The first-order valence-electron chi connectivity index (χ1n) is 17.4. The molecule has 0 spiro atoms. The Morgan fingerprint density at radius 1 is 0.816 bits per heavy atom. The number of benzene rings is 2. The lowest BCUT2D eigenvalue weighted by atomic mass is 9.97. The summed E-state index contributed by atoms with van der Waals surface area (Å²) in [6.45, 7) is 16.8. The number of terminal acetylenes is 1. The molecule has 0 bridgehead atoms. The summed E-state index contributed by atoms with van der Waals surface area (Å²) < 4.78 is 11.3. The average Bonchev–Trinajstić information content (AvgIpc) is 3.00. The zero-order chi connectivity index (χ0) is 36.8. The maximum atomic E-state index is 14.6. The van der Waals surface area contributed by atoms with Crippen molar-refractivity contribution >= 4 is 23.9 Å². The average molecular weight is 676 g/mol. The maximum Gasteiger partial charge on any atom is 0.408 e. The van der Waals surface area contributed by atoms with Crippen LogP contribution < -0.4 is 10.6 Å². The molecule has 2 aromatic carbocycles. The summed E-state index contributed by atoms with van der Waals surface area (Å²) >= 11 is 0. The second-order valence-electron chi connectivity index (χ2n) is 14.9. The van der Waals surface area contributed by atoms with Crippen LogP contribution in [0.1, 0.15) is 117 Å². The topological polar surface area (TPSA) is 114 Å². The van der Waals surface area contributed by atoms with Gasteiger partial charge in [0.1, 0.15) is 29.3 Å². The Bertz CT molecular complexity index is 1400. The van der Waals surface area contributed by atoms with E-state index in [9.17, 15) is 19.2 Å². The fourth-order valence-electron chi connectivity index (χ4n) is 5.32. The van der Waals surface area contributed by atoms with E-state index in [1.165, 1.54) is 4.90 Å². The predicted octanol–water partition coefficient (Wildman–Crippen LogP) is 7.13. The molecule has 3 unspecified atom stereocenters. The van der Waals surface area contributed by atoms with Gasteiger partial charge < -0.3 is 25.0 Å². The summed E-state index contributed by atoms with van der Waals surface area (Å²) in [6.07, 6.45) is 8.84. The highest BCUT2D eigenvalue weighted by Gasteiger charge is 2.38. The van der Waals surface area contributed by atoms with Crippen molar-refractivity contribution in [1.29, 1.82) is 0 Å². The van der Waals surface area contributed by atoms with Gasteiger partial charge in [-0.15, -0.1) is 6.42 Å². The molecule has 9 nitrogen and oxygen atoms in total. The summed E-state index contributed by atoms with van der Waals surface area (Å²) in [4.78, 5) is 57.3. The number of hydrogen-bond donors (Lipinski definition) is 2. The lowest BCUT2D eigenvalue weighted by Gasteiger charge is -2.36. The number of unbranched alkanes of at least 4 members (excludes halogenated alkanes) is 3. The molecule has 0 aliphatic heterocycles. The zero-order valence-electron chi connectivity index (χ0n) is 30.9. The second-order valence-corrected chi connectivity index (χ2v) is 14.9. The van der Waals surface area contributed by atoms with Crippen LogP contribution in [0.5, 0.6) is 0 Å². The van der Waals surface area contributed by atoms with Crippen molar-refractivity contribution in [2.24, 2.45) is 5.92 Å². The molecule has 0 aliphatic carbocycles. The molecule has 0 saturated heterocycles. The van der Waals surface area contributed by atoms with Gasteiger partial charge in [-0.3, -0.25) is 9.59 Å². The number of alkyl carbamates (subject to hydrolysis) is 1. The van der Waals surface area contributed by atoms with Crippen LogP contribution in [-0.2, 0) is 30.3 Å². The minimum absolute atomic E-state index is 0.0374. The molecule has 0 radical (unpaired) electrons. The minimum Gasteiger partial charge on any atom is -0.458 e. The Hall–Kier alpha value is -4.32. The maximum absolute atomic E-state index is 14.6. The van der Waals surface area contributed by atoms with Crippen LogP contribution in [0.3, 0.4) is 0 Å². The number of carbonyl (C=O) groups excluding carboxylic acids is 4. The van der Waals surface area contributed by atoms with Crippen molar-refractivity contribution in [2.45, 2.75) is 130 Å². The first-order chi connectivity index (χ1) is 22.9. The van der Waals surface area contributed by atoms with E-state index < -0.39 is 53.2 Å². The van der Waals surface area contributed by atoms with Gasteiger partial charge in [0.2, 0.25) is 11.8 Å². The molecule has 3 atom stereocenters. The Balaban J connectivity index is 2.66. The first-order valence-corrected chi connectivity index (χ1v) is 17.4. The first kappa shape index (κ1) is 40.9. The molecule has 0 heterocycles. The van der Waals surface area contributed by atoms with Crippen molar-refractivity contribution in [2.75, 3.05) is 6.54 Å². The smallest absolute Gasteiger partial charge is 0.408 e. The van der Waals surface area contributed by atoms with E-state index in [0.29, 0.717) is 24.0 Å². The van der Waals surface area contributed by atoms with E-state index in [4.69, 9.17) is 15.9 Å². The second kappa shape index (κ2) is 19.0. The van der Waals surface area contributed by atoms with Crippen LogP contribution in [0.25, 0.3) is 0 Å². The number of nitrogens with zero attached hydrogens (tertiary/aromatic N) is 1. The molecular weight excluding hydrogens is 618 g/mol. The van der Waals surface area contributed by atoms with Gasteiger partial charge in [0, 0.05) is 18.5 Å². The summed E-state index contributed by atoms with van der Waals surface area (Å²) in [5.41, 5.74) is 0.401. The molecule has 0 aliphatic rings. The highest BCUT2D eigenvalue weighted by molar-refractivity contribution is 5.94. The third-order valence-corrected chi connectivity index (χ3v) is 7.48. The monoisotopic (exact) mass is 675 g/mol. The van der Waals surface area contributed by atoms with Crippen molar-refractivity contribution < 1.29 is 28.7 Å². The highest BCUT2D eigenvalue weighted by atomic mass is 16.6. The van der Waals surface area contributed by atoms with Crippen LogP contribution in [0, 0.1) is 18.3 Å². The molecule has 268 valence electrons. The van der Waals surface area contributed by atoms with Gasteiger partial charge in [0.05, 0.1) is 0 Å². The lowest BCUT2D eigenvalue weighted by molar-refractivity contribution is -0.159. The molecule has 2 rings (SSSR count). The molecule has 2 aromatic rings. The fourth-order valence-corrected chi connectivity index (χ4v) is 5.32. The molecule has 9 heteroatoms. The molecular formula is C40H57N3O6. The van der Waals surface area contributed by atoms with Crippen molar-refractivity contribution in [3.63, 3.8) is 0 Å². The van der Waals surface area contributed by atoms with E-state index >= 15 is 0 Å². The molecule has 0 fully saturated rings. The molecule has 49 heavy (non-hydrogen) atoms. The lowest BCUT2D eigenvalue weighted by Crippen LogP contribution is -2.55. The van der Waals surface area contributed by atoms with Crippen LogP contribution >= 0.6 is 0 Å². The third-order valence-electron chi connectivity index (χ3n) is 7.48. The van der Waals surface area contributed by atoms with Gasteiger partial charge in [-0.2, -0.15) is 0 Å². The largest absolute Gasteiger partial charge is 0.458 e. The van der Waals surface area contributed by atoms with E-state index in [0.717, 1.165) is 24.8 Å². The van der Waals surface area contributed by atoms with Crippen LogP contribution in [-0.4, -0.2) is 58.6 Å². The highest BCUT2D eigenvalue weighted by Crippen LogP contribution is 2.26. The van der Waals surface area contributed by atoms with E-state index in [1.807, 2.05) is 44.2 Å². The normalized spacial score (nSPS) is 13.4. The van der Waals surface area contributed by atoms with Crippen LogP contribution in [0.2, 0.25) is 0 Å². The molecule has 0 saturated carbocycles. The Morgan fingerprint density at radius 3 is 1.96 bits per heavy atom. The Labute approximate surface area is 293 Å². The number of esters is 1. The van der Waals surface area contributed by atoms with Gasteiger partial charge in [0.15, 0.2) is 0 Å². The fraction of sp³-hybridized carbons (Fsp3) is 0.550. The predicted molar refractivity (Wildman–Crippen MR) is 194 cm³/mol. The number of amides is 3. The summed E-state index contributed by atoms with van der Waals surface area (Å²) in [6, 6.07) is 13.1. The van der Waals surface area contributed by atoms with Gasteiger partial charge in [-0.25, -0.2) is 9.59 Å². The van der Waals surface area contributed by atoms with Gasteiger partial charge in [-0.1, -0.05) is 88.4 Å². The van der Waals surface area contributed by atoms with Crippen molar-refractivity contribution in [3.05, 3.63) is 71.3 Å². The summed E-state index contributed by atoms with van der Waals surface area (Å²) in [5, 5.41) is 5.73. The molecule has 2 N–H and O–H groups in total. The van der Waals surface area contributed by atoms with E-state index in [-0.39, 0.29) is 18.9 Å². The number of hydrogen-bond acceptors (Lipinski definition) is 6. The number of ether oxygens (including phenoxy) is 2. The molecule has 0 aromatic heterocycles. The molecule has 3 amide bonds. The summed E-state index contributed by atoms with van der Waals surface area (Å²) in [7, 11) is 0. The van der Waals surface area contributed by atoms with Gasteiger partial charge >= 0.3 is 12.1 Å². The quantitative estimate of drug-likeness (QED) is 0.111. The van der Waals surface area contributed by atoms with Gasteiger partial charge in [0.25, 0.3) is 0 Å². The van der Waals surface area contributed by atoms with Crippen molar-refractivity contribution in [1.82, 2.24) is 15.5 Å². The van der Waals surface area contributed by atoms with Crippen LogP contribution in [0.4, 0.5) is 4.79 Å². The van der Waals surface area contributed by atoms with Gasteiger partial charge in [-0.05, 0) is 83.6 Å². The Kier molecular flexibility index (Phi) is 15.9. The Morgan fingerprint density at radius 2 is 1.43 bits per heavy atom. The van der Waals surface area contributed by atoms with Crippen molar-refractivity contribution in [3.8, 4) is 12.3 Å². The number of nitrogens with one attached hydrogen (secondary N) is 2. The number of rotatable bonds is 16. The SMILES string of the molecule is C#Cc1ccc(C(C(=O)NC(Cc2ccccc2)C(=O)OC(C)(C)C)N(CCCCCC)C(=O)C(CC(C)C)NC(=O)OC(C)(C)C)cc1. The van der Waals surface area contributed by atoms with Crippen LogP contribution in [0.15, 0.2) is 54.6 Å². The third kappa shape index (κ3) is 14.8. The van der Waals surface area contributed by atoms with E-state index in [1.54, 1.807) is 65.8 Å². The number of carbonyl (C=O) groups is 4. The summed E-state index contributed by atoms with van der Waals surface area (Å²) in [5.74, 6) is 1.07.